The lowest BCUT2D eigenvalue weighted by Crippen LogP contribution is -2.05. The van der Waals surface area contributed by atoms with Gasteiger partial charge in [0.25, 0.3) is 0 Å². The molecule has 0 saturated heterocycles. The average Bonchev–Trinajstić information content (AvgIpc) is 2.73. The van der Waals surface area contributed by atoms with E-state index in [1.54, 1.807) is 6.20 Å². The third-order valence-corrected chi connectivity index (χ3v) is 2.83. The molecule has 1 fully saturated rings. The molecule has 94 valence electrons. The van der Waals surface area contributed by atoms with Gasteiger partial charge in [0.1, 0.15) is 0 Å². The number of anilines is 2. The van der Waals surface area contributed by atoms with Crippen LogP contribution in [0.4, 0.5) is 11.4 Å². The minimum Gasteiger partial charge on any atom is -0.361 e. The van der Waals surface area contributed by atoms with Crippen molar-refractivity contribution in [3.05, 3.63) is 36.0 Å². The summed E-state index contributed by atoms with van der Waals surface area (Å²) in [4.78, 5) is 22.3. The highest BCUT2D eigenvalue weighted by atomic mass is 16.1. The maximum Gasteiger partial charge on any atom is 0.221 e. The first kappa shape index (κ1) is 12.4. The highest BCUT2D eigenvalue weighted by molar-refractivity contribution is 5.97. The van der Waals surface area contributed by atoms with Gasteiger partial charge in [0.2, 0.25) is 5.91 Å². The Hall–Kier alpha value is -2.10. The van der Waals surface area contributed by atoms with Crippen LogP contribution in [0.25, 0.3) is 0 Å². The molecule has 1 saturated carbocycles. The van der Waals surface area contributed by atoms with E-state index in [1.165, 1.54) is 6.92 Å². The van der Waals surface area contributed by atoms with Crippen molar-refractivity contribution in [2.45, 2.75) is 26.2 Å². The summed E-state index contributed by atoms with van der Waals surface area (Å²) >= 11 is 0. The van der Waals surface area contributed by atoms with Crippen LogP contribution in [0.15, 0.2) is 36.0 Å². The first-order valence-corrected chi connectivity index (χ1v) is 6.01. The van der Waals surface area contributed by atoms with Gasteiger partial charge >= 0.3 is 0 Å². The molecule has 4 heteroatoms. The Bertz CT molecular complexity index is 489. The van der Waals surface area contributed by atoms with E-state index in [4.69, 9.17) is 0 Å². The molecule has 2 N–H and O–H groups in total. The maximum atomic E-state index is 11.4. The number of benzene rings is 1. The number of ketones is 1. The Morgan fingerprint density at radius 2 is 1.83 bits per heavy atom. The molecule has 0 aromatic heterocycles. The van der Waals surface area contributed by atoms with E-state index in [9.17, 15) is 9.59 Å². The van der Waals surface area contributed by atoms with Crippen molar-refractivity contribution >= 4 is 23.1 Å². The number of nitrogens with one attached hydrogen (secondary N) is 2. The first-order chi connectivity index (χ1) is 8.65. The summed E-state index contributed by atoms with van der Waals surface area (Å²) in [5.74, 6) is 0.145. The van der Waals surface area contributed by atoms with E-state index in [1.807, 2.05) is 24.3 Å². The predicted molar refractivity (Wildman–Crippen MR) is 71.3 cm³/mol. The zero-order chi connectivity index (χ0) is 13.0. The van der Waals surface area contributed by atoms with Gasteiger partial charge in [0.05, 0.1) is 0 Å². The fourth-order valence-electron chi connectivity index (χ4n) is 1.92. The largest absolute Gasteiger partial charge is 0.361 e. The molecule has 2 rings (SSSR count). The van der Waals surface area contributed by atoms with Crippen LogP contribution < -0.4 is 10.6 Å². The fraction of sp³-hybridized carbons (Fsp3) is 0.286. The van der Waals surface area contributed by atoms with Crippen molar-refractivity contribution < 1.29 is 9.59 Å². The molecule has 4 nitrogen and oxygen atoms in total. The van der Waals surface area contributed by atoms with Crippen LogP contribution in [0.3, 0.4) is 0 Å². The Kier molecular flexibility index (Phi) is 3.77. The first-order valence-electron chi connectivity index (χ1n) is 6.01. The van der Waals surface area contributed by atoms with E-state index in [0.717, 1.165) is 29.8 Å². The quantitative estimate of drug-likeness (QED) is 0.804. The monoisotopic (exact) mass is 244 g/mol. The molecule has 0 spiro atoms. The van der Waals surface area contributed by atoms with Crippen molar-refractivity contribution in [1.29, 1.82) is 0 Å². The summed E-state index contributed by atoms with van der Waals surface area (Å²) in [7, 11) is 0. The van der Waals surface area contributed by atoms with E-state index in [0.29, 0.717) is 6.42 Å². The Morgan fingerprint density at radius 3 is 2.39 bits per heavy atom. The molecule has 1 aliphatic rings. The summed E-state index contributed by atoms with van der Waals surface area (Å²) in [5, 5.41) is 5.80. The number of Topliss-reactive ketones (excluding diaryl/α,β-unsaturated/α-hetero) is 1. The molecule has 1 amide bonds. The van der Waals surface area contributed by atoms with E-state index < -0.39 is 0 Å². The van der Waals surface area contributed by atoms with Crippen LogP contribution >= 0.6 is 0 Å². The third kappa shape index (κ3) is 3.20. The molecule has 0 unspecified atom stereocenters. The van der Waals surface area contributed by atoms with Crippen molar-refractivity contribution in [1.82, 2.24) is 0 Å². The lowest BCUT2D eigenvalue weighted by Gasteiger charge is -2.05. The zero-order valence-corrected chi connectivity index (χ0v) is 10.3. The summed E-state index contributed by atoms with van der Waals surface area (Å²) < 4.78 is 0. The van der Waals surface area contributed by atoms with Crippen LogP contribution in [-0.2, 0) is 9.59 Å². The number of rotatable bonds is 3. The van der Waals surface area contributed by atoms with Gasteiger partial charge in [-0.2, -0.15) is 0 Å². The Morgan fingerprint density at radius 1 is 1.17 bits per heavy atom. The average molecular weight is 244 g/mol. The summed E-state index contributed by atoms with van der Waals surface area (Å²) in [6.45, 7) is 1.47. The number of allylic oxidation sites excluding steroid dienone is 1. The van der Waals surface area contributed by atoms with E-state index in [2.05, 4.69) is 10.6 Å². The SMILES string of the molecule is CC(=O)Nc1ccc(N/C=C2\CCCC2=O)cc1. The molecule has 0 bridgehead atoms. The van der Waals surface area contributed by atoms with Crippen molar-refractivity contribution in [3.8, 4) is 0 Å². The second-order valence-corrected chi connectivity index (χ2v) is 4.35. The smallest absolute Gasteiger partial charge is 0.221 e. The summed E-state index contributed by atoms with van der Waals surface area (Å²) in [6.07, 6.45) is 4.25. The van der Waals surface area contributed by atoms with Gasteiger partial charge in [0.15, 0.2) is 5.78 Å². The van der Waals surface area contributed by atoms with Crippen LogP contribution in [0, 0.1) is 0 Å². The second-order valence-electron chi connectivity index (χ2n) is 4.35. The highest BCUT2D eigenvalue weighted by Gasteiger charge is 2.16. The molecule has 18 heavy (non-hydrogen) atoms. The van der Waals surface area contributed by atoms with Gasteiger partial charge in [-0.3, -0.25) is 9.59 Å². The predicted octanol–water partition coefficient (Wildman–Crippen LogP) is 2.69. The Labute approximate surface area is 106 Å². The molecule has 0 radical (unpaired) electrons. The minimum absolute atomic E-state index is 0.0885. The number of hydrogen-bond donors (Lipinski definition) is 2. The molecule has 0 heterocycles. The molecule has 0 atom stereocenters. The third-order valence-electron chi connectivity index (χ3n) is 2.83. The van der Waals surface area contributed by atoms with Gasteiger partial charge in [-0.1, -0.05) is 0 Å². The Balaban J connectivity index is 1.98. The molecular weight excluding hydrogens is 228 g/mol. The lowest BCUT2D eigenvalue weighted by atomic mass is 10.2. The minimum atomic E-state index is -0.0885. The second kappa shape index (κ2) is 5.49. The topological polar surface area (TPSA) is 58.2 Å². The van der Waals surface area contributed by atoms with Gasteiger partial charge in [-0.25, -0.2) is 0 Å². The standard InChI is InChI=1S/C14H16N2O2/c1-10(17)16-13-7-5-12(6-8-13)15-9-11-3-2-4-14(11)18/h5-9,15H,2-4H2,1H3,(H,16,17)/b11-9+. The van der Waals surface area contributed by atoms with Crippen molar-refractivity contribution in [2.24, 2.45) is 0 Å². The molecule has 1 aromatic rings. The van der Waals surface area contributed by atoms with Crippen molar-refractivity contribution in [2.75, 3.05) is 10.6 Å². The lowest BCUT2D eigenvalue weighted by molar-refractivity contribution is -0.115. The molecule has 1 aromatic carbocycles. The normalized spacial score (nSPS) is 16.9. The van der Waals surface area contributed by atoms with Crippen LogP contribution in [0.1, 0.15) is 26.2 Å². The zero-order valence-electron chi connectivity index (χ0n) is 10.3. The summed E-state index contributed by atoms with van der Waals surface area (Å²) in [6, 6.07) is 7.36. The van der Waals surface area contributed by atoms with E-state index >= 15 is 0 Å². The number of hydrogen-bond acceptors (Lipinski definition) is 3. The van der Waals surface area contributed by atoms with Crippen LogP contribution in [-0.4, -0.2) is 11.7 Å². The number of amides is 1. The van der Waals surface area contributed by atoms with Gasteiger partial charge < -0.3 is 10.6 Å². The van der Waals surface area contributed by atoms with Crippen molar-refractivity contribution in [3.63, 3.8) is 0 Å². The highest BCUT2D eigenvalue weighted by Crippen LogP contribution is 2.21. The summed E-state index contributed by atoms with van der Waals surface area (Å²) in [5.41, 5.74) is 2.52. The fourth-order valence-corrected chi connectivity index (χ4v) is 1.92. The maximum absolute atomic E-state index is 11.4. The molecule has 1 aliphatic carbocycles. The van der Waals surface area contributed by atoms with E-state index in [-0.39, 0.29) is 11.7 Å². The number of carbonyl (C=O) groups is 2. The number of carbonyl (C=O) groups excluding carboxylic acids is 2. The molecule has 0 aliphatic heterocycles. The van der Waals surface area contributed by atoms with Gasteiger partial charge in [-0.05, 0) is 37.1 Å². The molecular formula is C14H16N2O2. The van der Waals surface area contributed by atoms with Crippen LogP contribution in [0.5, 0.6) is 0 Å². The van der Waals surface area contributed by atoms with Gasteiger partial charge in [-0.15, -0.1) is 0 Å². The van der Waals surface area contributed by atoms with Crippen LogP contribution in [0.2, 0.25) is 0 Å². The van der Waals surface area contributed by atoms with Gasteiger partial charge in [0, 0.05) is 36.5 Å².